The second kappa shape index (κ2) is 7.83. The molecule has 2 aromatic carbocycles. The Morgan fingerprint density at radius 3 is 2.57 bits per heavy atom. The standard InChI is InChI=1S/C21H26N2O4S/c1-14(2)21(24)23-11-5-6-16-7-8-17(13-19(16)23)22-28(25,26)20-10-9-18(27-4)12-15(20)3/h7-10,12-14,22H,5-6,11H2,1-4H3. The third-order valence-electron chi connectivity index (χ3n) is 4.89. The number of hydrogen-bond acceptors (Lipinski definition) is 4. The van der Waals surface area contributed by atoms with E-state index in [1.807, 2.05) is 19.9 Å². The molecule has 1 aliphatic rings. The Kier molecular flexibility index (Phi) is 5.65. The fraction of sp³-hybridized carbons (Fsp3) is 0.381. The van der Waals surface area contributed by atoms with Crippen LogP contribution in [0.2, 0.25) is 0 Å². The van der Waals surface area contributed by atoms with Gasteiger partial charge >= 0.3 is 0 Å². The minimum atomic E-state index is -3.76. The van der Waals surface area contributed by atoms with Crippen molar-refractivity contribution in [1.82, 2.24) is 0 Å². The molecule has 7 heteroatoms. The van der Waals surface area contributed by atoms with Gasteiger partial charge in [0.05, 0.1) is 17.7 Å². The Morgan fingerprint density at radius 2 is 1.93 bits per heavy atom. The molecule has 28 heavy (non-hydrogen) atoms. The van der Waals surface area contributed by atoms with Gasteiger partial charge in [0.25, 0.3) is 10.0 Å². The molecule has 0 atom stereocenters. The number of aryl methyl sites for hydroxylation is 2. The predicted octanol–water partition coefficient (Wildman–Crippen LogP) is 3.74. The smallest absolute Gasteiger partial charge is 0.262 e. The van der Waals surface area contributed by atoms with Gasteiger partial charge in [-0.25, -0.2) is 8.42 Å². The number of benzene rings is 2. The van der Waals surface area contributed by atoms with E-state index in [4.69, 9.17) is 4.74 Å². The van der Waals surface area contributed by atoms with E-state index >= 15 is 0 Å². The van der Waals surface area contributed by atoms with Gasteiger partial charge in [-0.05, 0) is 61.2 Å². The van der Waals surface area contributed by atoms with Crippen LogP contribution < -0.4 is 14.4 Å². The van der Waals surface area contributed by atoms with Crippen LogP contribution in [0, 0.1) is 12.8 Å². The lowest BCUT2D eigenvalue weighted by molar-refractivity contribution is -0.121. The van der Waals surface area contributed by atoms with E-state index in [1.54, 1.807) is 43.2 Å². The fourth-order valence-electron chi connectivity index (χ4n) is 3.44. The molecular weight excluding hydrogens is 376 g/mol. The van der Waals surface area contributed by atoms with E-state index in [-0.39, 0.29) is 16.7 Å². The quantitative estimate of drug-likeness (QED) is 0.827. The van der Waals surface area contributed by atoms with Crippen LogP contribution in [0.15, 0.2) is 41.3 Å². The first-order valence-electron chi connectivity index (χ1n) is 9.34. The molecule has 0 saturated heterocycles. The van der Waals surface area contributed by atoms with Gasteiger partial charge in [0.1, 0.15) is 5.75 Å². The van der Waals surface area contributed by atoms with Crippen molar-refractivity contribution in [1.29, 1.82) is 0 Å². The van der Waals surface area contributed by atoms with Crippen molar-refractivity contribution in [3.8, 4) is 5.75 Å². The van der Waals surface area contributed by atoms with E-state index in [9.17, 15) is 13.2 Å². The number of sulfonamides is 1. The number of fused-ring (bicyclic) bond motifs is 1. The summed E-state index contributed by atoms with van der Waals surface area (Å²) < 4.78 is 33.6. The van der Waals surface area contributed by atoms with Crippen LogP contribution in [0.25, 0.3) is 0 Å². The van der Waals surface area contributed by atoms with Crippen molar-refractivity contribution in [2.75, 3.05) is 23.3 Å². The van der Waals surface area contributed by atoms with Crippen LogP contribution in [-0.2, 0) is 21.2 Å². The van der Waals surface area contributed by atoms with Crippen molar-refractivity contribution in [2.24, 2.45) is 5.92 Å². The van der Waals surface area contributed by atoms with Crippen LogP contribution in [0.1, 0.15) is 31.4 Å². The number of amides is 1. The molecule has 1 amide bonds. The molecule has 0 aliphatic carbocycles. The molecule has 3 rings (SSSR count). The Labute approximate surface area is 166 Å². The van der Waals surface area contributed by atoms with Crippen molar-refractivity contribution in [3.63, 3.8) is 0 Å². The highest BCUT2D eigenvalue weighted by Crippen LogP contribution is 2.32. The molecule has 1 heterocycles. The van der Waals surface area contributed by atoms with E-state index in [2.05, 4.69) is 4.72 Å². The number of carbonyl (C=O) groups is 1. The molecule has 0 aromatic heterocycles. The summed E-state index contributed by atoms with van der Waals surface area (Å²) in [5.74, 6) is 0.535. The van der Waals surface area contributed by atoms with Gasteiger partial charge in [0.2, 0.25) is 5.91 Å². The topological polar surface area (TPSA) is 75.7 Å². The van der Waals surface area contributed by atoms with Gasteiger partial charge < -0.3 is 9.64 Å². The number of nitrogens with one attached hydrogen (secondary N) is 1. The predicted molar refractivity (Wildman–Crippen MR) is 110 cm³/mol. The zero-order valence-electron chi connectivity index (χ0n) is 16.7. The van der Waals surface area contributed by atoms with Crippen LogP contribution in [0.3, 0.4) is 0 Å². The molecule has 0 fully saturated rings. The number of ether oxygens (including phenoxy) is 1. The second-order valence-corrected chi connectivity index (χ2v) is 8.98. The Bertz CT molecular complexity index is 999. The lowest BCUT2D eigenvalue weighted by atomic mass is 9.99. The highest BCUT2D eigenvalue weighted by Gasteiger charge is 2.25. The molecule has 6 nitrogen and oxygen atoms in total. The highest BCUT2D eigenvalue weighted by atomic mass is 32.2. The van der Waals surface area contributed by atoms with Crippen LogP contribution in [-0.4, -0.2) is 28.0 Å². The van der Waals surface area contributed by atoms with Crippen molar-refractivity contribution in [3.05, 3.63) is 47.5 Å². The van der Waals surface area contributed by atoms with Gasteiger partial charge in [-0.3, -0.25) is 9.52 Å². The molecule has 1 N–H and O–H groups in total. The van der Waals surface area contributed by atoms with E-state index in [0.29, 0.717) is 23.5 Å². The van der Waals surface area contributed by atoms with E-state index in [1.165, 1.54) is 6.07 Å². The zero-order valence-corrected chi connectivity index (χ0v) is 17.5. The Morgan fingerprint density at radius 1 is 1.18 bits per heavy atom. The molecule has 1 aliphatic heterocycles. The fourth-order valence-corrected chi connectivity index (χ4v) is 4.72. The molecule has 0 unspecified atom stereocenters. The highest BCUT2D eigenvalue weighted by molar-refractivity contribution is 7.92. The lowest BCUT2D eigenvalue weighted by Crippen LogP contribution is -2.38. The number of methoxy groups -OCH3 is 1. The summed E-state index contributed by atoms with van der Waals surface area (Å²) in [5, 5.41) is 0. The summed E-state index contributed by atoms with van der Waals surface area (Å²) in [6.07, 6.45) is 1.78. The number of anilines is 2. The van der Waals surface area contributed by atoms with E-state index < -0.39 is 10.0 Å². The minimum Gasteiger partial charge on any atom is -0.497 e. The monoisotopic (exact) mass is 402 g/mol. The van der Waals surface area contributed by atoms with Crippen molar-refractivity contribution >= 4 is 27.3 Å². The van der Waals surface area contributed by atoms with Crippen LogP contribution >= 0.6 is 0 Å². The number of nitrogens with zero attached hydrogens (tertiary/aromatic N) is 1. The summed E-state index contributed by atoms with van der Waals surface area (Å²) in [7, 11) is -2.22. The van der Waals surface area contributed by atoms with Crippen LogP contribution in [0.4, 0.5) is 11.4 Å². The number of carbonyl (C=O) groups excluding carboxylic acids is 1. The minimum absolute atomic E-state index is 0.0481. The molecule has 2 aromatic rings. The summed E-state index contributed by atoms with van der Waals surface area (Å²) in [6.45, 7) is 6.12. The lowest BCUT2D eigenvalue weighted by Gasteiger charge is -2.31. The van der Waals surface area contributed by atoms with Gasteiger partial charge in [-0.15, -0.1) is 0 Å². The summed E-state index contributed by atoms with van der Waals surface area (Å²) in [6, 6.07) is 10.2. The molecule has 0 saturated carbocycles. The normalized spacial score (nSPS) is 14.0. The second-order valence-electron chi connectivity index (χ2n) is 7.33. The maximum absolute atomic E-state index is 12.9. The first-order valence-corrected chi connectivity index (χ1v) is 10.8. The van der Waals surface area contributed by atoms with Gasteiger partial charge in [0, 0.05) is 18.2 Å². The number of rotatable bonds is 5. The van der Waals surface area contributed by atoms with Gasteiger partial charge in [-0.2, -0.15) is 0 Å². The largest absolute Gasteiger partial charge is 0.497 e. The average Bonchev–Trinajstić information content (AvgIpc) is 2.66. The molecule has 0 bridgehead atoms. The van der Waals surface area contributed by atoms with Crippen molar-refractivity contribution in [2.45, 2.75) is 38.5 Å². The van der Waals surface area contributed by atoms with Gasteiger partial charge in [-0.1, -0.05) is 19.9 Å². The SMILES string of the molecule is COc1ccc(S(=O)(=O)Nc2ccc3c(c2)N(C(=O)C(C)C)CCC3)c(C)c1. The maximum Gasteiger partial charge on any atom is 0.262 e. The third kappa shape index (κ3) is 3.99. The summed E-state index contributed by atoms with van der Waals surface area (Å²) in [5.41, 5.74) is 2.89. The average molecular weight is 403 g/mol. The van der Waals surface area contributed by atoms with Crippen molar-refractivity contribution < 1.29 is 17.9 Å². The zero-order chi connectivity index (χ0) is 20.5. The first kappa shape index (κ1) is 20.2. The Hall–Kier alpha value is -2.54. The van der Waals surface area contributed by atoms with Gasteiger partial charge in [0.15, 0.2) is 0 Å². The molecule has 0 spiro atoms. The third-order valence-corrected chi connectivity index (χ3v) is 6.43. The maximum atomic E-state index is 12.9. The number of hydrogen-bond donors (Lipinski definition) is 1. The van der Waals surface area contributed by atoms with Crippen LogP contribution in [0.5, 0.6) is 5.75 Å². The first-order chi connectivity index (χ1) is 13.2. The summed E-state index contributed by atoms with van der Waals surface area (Å²) in [4.78, 5) is 14.5. The Balaban J connectivity index is 1.93. The molecular formula is C21H26N2O4S. The molecule has 0 radical (unpaired) electrons. The molecule has 150 valence electrons. The summed E-state index contributed by atoms with van der Waals surface area (Å²) >= 11 is 0. The van der Waals surface area contributed by atoms with E-state index in [0.717, 1.165) is 24.1 Å².